The normalized spacial score (nSPS) is 11.3. The predicted octanol–water partition coefficient (Wildman–Crippen LogP) is 2.28. The molecule has 0 aliphatic rings. The quantitative estimate of drug-likeness (QED) is 0.818. The molecule has 0 aliphatic heterocycles. The maximum Gasteiger partial charge on any atom is 0.339 e. The van der Waals surface area contributed by atoms with Gasteiger partial charge in [-0.2, -0.15) is 0 Å². The van der Waals surface area contributed by atoms with E-state index >= 15 is 0 Å². The van der Waals surface area contributed by atoms with E-state index in [0.717, 1.165) is 11.1 Å². The Labute approximate surface area is 146 Å². The highest BCUT2D eigenvalue weighted by molar-refractivity contribution is 5.98. The van der Waals surface area contributed by atoms with Crippen LogP contribution in [0.1, 0.15) is 28.4 Å². The Bertz CT molecular complexity index is 759. The number of benzene rings is 2. The molecule has 0 fully saturated rings. The number of esters is 1. The van der Waals surface area contributed by atoms with Crippen LogP contribution in [-0.4, -0.2) is 31.1 Å². The molecule has 2 aromatic rings. The summed E-state index contributed by atoms with van der Waals surface area (Å²) >= 11 is 0. The molecule has 2 N–H and O–H groups in total. The number of carbonyl (C=O) groups is 3. The topological polar surface area (TPSA) is 84.5 Å². The Morgan fingerprint density at radius 3 is 2.32 bits per heavy atom. The lowest BCUT2D eigenvalue weighted by Gasteiger charge is -2.14. The summed E-state index contributed by atoms with van der Waals surface area (Å²) in [7, 11) is 1.39. The van der Waals surface area contributed by atoms with Gasteiger partial charge in [-0.25, -0.2) is 9.59 Å². The van der Waals surface area contributed by atoms with Gasteiger partial charge in [0.05, 0.1) is 5.56 Å². The zero-order valence-electron chi connectivity index (χ0n) is 14.1. The van der Waals surface area contributed by atoms with E-state index in [-0.39, 0.29) is 0 Å². The summed E-state index contributed by atoms with van der Waals surface area (Å²) in [4.78, 5) is 35.4. The van der Waals surface area contributed by atoms with Crippen molar-refractivity contribution >= 4 is 17.9 Å². The Balaban J connectivity index is 2.09. The van der Waals surface area contributed by atoms with Crippen LogP contribution >= 0.6 is 0 Å². The van der Waals surface area contributed by atoms with Crippen molar-refractivity contribution in [2.24, 2.45) is 0 Å². The zero-order valence-corrected chi connectivity index (χ0v) is 14.1. The van der Waals surface area contributed by atoms with Gasteiger partial charge in [-0.15, -0.1) is 0 Å². The van der Waals surface area contributed by atoms with E-state index in [9.17, 15) is 14.4 Å². The number of amides is 3. The molecule has 0 heterocycles. The molecule has 0 spiro atoms. The van der Waals surface area contributed by atoms with Gasteiger partial charge < -0.3 is 10.1 Å². The molecule has 1 atom stereocenters. The Morgan fingerprint density at radius 1 is 1.00 bits per heavy atom. The fourth-order valence-electron chi connectivity index (χ4n) is 2.24. The molecule has 6 nitrogen and oxygen atoms in total. The maximum atomic E-state index is 12.4. The summed E-state index contributed by atoms with van der Waals surface area (Å²) < 4.78 is 5.19. The van der Waals surface area contributed by atoms with Crippen LogP contribution in [-0.2, 0) is 16.0 Å². The maximum absolute atomic E-state index is 12.4. The second-order valence-corrected chi connectivity index (χ2v) is 5.44. The van der Waals surface area contributed by atoms with Crippen molar-refractivity contribution in [3.63, 3.8) is 0 Å². The van der Waals surface area contributed by atoms with Gasteiger partial charge in [-0.05, 0) is 30.5 Å². The van der Waals surface area contributed by atoms with Crippen molar-refractivity contribution in [1.82, 2.24) is 10.6 Å². The summed E-state index contributed by atoms with van der Waals surface area (Å²) in [6, 6.07) is 16.2. The van der Waals surface area contributed by atoms with Crippen LogP contribution in [0.5, 0.6) is 0 Å². The van der Waals surface area contributed by atoms with Crippen molar-refractivity contribution in [3.8, 4) is 0 Å². The summed E-state index contributed by atoms with van der Waals surface area (Å²) in [5, 5.41) is 4.34. The fourth-order valence-corrected chi connectivity index (χ4v) is 2.24. The third-order valence-corrected chi connectivity index (χ3v) is 3.59. The minimum absolute atomic E-state index is 0.394. The van der Waals surface area contributed by atoms with Gasteiger partial charge >= 0.3 is 12.0 Å². The minimum atomic E-state index is -1.09. The molecule has 3 amide bonds. The molecule has 2 aromatic carbocycles. The van der Waals surface area contributed by atoms with Crippen molar-refractivity contribution < 1.29 is 19.1 Å². The van der Waals surface area contributed by atoms with E-state index in [4.69, 9.17) is 4.74 Å². The monoisotopic (exact) mass is 340 g/mol. The van der Waals surface area contributed by atoms with Crippen molar-refractivity contribution in [3.05, 3.63) is 71.3 Å². The van der Waals surface area contributed by atoms with E-state index in [0.29, 0.717) is 12.0 Å². The van der Waals surface area contributed by atoms with Crippen LogP contribution in [0.25, 0.3) is 0 Å². The Kier molecular flexibility index (Phi) is 6.28. The van der Waals surface area contributed by atoms with Crippen LogP contribution in [0.2, 0.25) is 0 Å². The summed E-state index contributed by atoms with van der Waals surface area (Å²) in [6.07, 6.45) is -0.514. The second kappa shape index (κ2) is 8.63. The number of ether oxygens (including phenoxy) is 1. The zero-order chi connectivity index (χ0) is 18.2. The molecule has 0 saturated heterocycles. The highest BCUT2D eigenvalue weighted by Crippen LogP contribution is 2.16. The highest BCUT2D eigenvalue weighted by Gasteiger charge is 2.21. The number of urea groups is 1. The van der Waals surface area contributed by atoms with Crippen molar-refractivity contribution in [1.29, 1.82) is 0 Å². The fraction of sp³-hybridized carbons (Fsp3) is 0.211. The standard InChI is InChI=1S/C19H20N2O4/c1-13(17(22)21-19(24)20-2)25-18(23)16-11-7-6-10-15(16)12-14-8-4-3-5-9-14/h3-11,13H,12H2,1-2H3,(H2,20,21,22,24)/t13-/m1/s1. The number of nitrogens with one attached hydrogen (secondary N) is 2. The van der Waals surface area contributed by atoms with E-state index in [1.165, 1.54) is 14.0 Å². The third kappa shape index (κ3) is 5.17. The molecule has 0 aromatic heterocycles. The largest absolute Gasteiger partial charge is 0.449 e. The van der Waals surface area contributed by atoms with Gasteiger partial charge in [-0.1, -0.05) is 48.5 Å². The van der Waals surface area contributed by atoms with Crippen LogP contribution in [0, 0.1) is 0 Å². The molecule has 0 aliphatic carbocycles. The average molecular weight is 340 g/mol. The molecular weight excluding hydrogens is 320 g/mol. The smallest absolute Gasteiger partial charge is 0.339 e. The van der Waals surface area contributed by atoms with Gasteiger partial charge in [0.1, 0.15) is 0 Å². The number of imide groups is 1. The molecular formula is C19H20N2O4. The predicted molar refractivity (Wildman–Crippen MR) is 93.2 cm³/mol. The summed E-state index contributed by atoms with van der Waals surface area (Å²) in [6.45, 7) is 1.41. The first-order valence-corrected chi connectivity index (χ1v) is 7.86. The molecule has 0 unspecified atom stereocenters. The first-order valence-electron chi connectivity index (χ1n) is 7.86. The number of hydrogen-bond acceptors (Lipinski definition) is 4. The van der Waals surface area contributed by atoms with Crippen LogP contribution < -0.4 is 10.6 Å². The van der Waals surface area contributed by atoms with Crippen LogP contribution in [0.3, 0.4) is 0 Å². The number of rotatable bonds is 5. The molecule has 0 bridgehead atoms. The highest BCUT2D eigenvalue weighted by atomic mass is 16.5. The lowest BCUT2D eigenvalue weighted by Crippen LogP contribution is -2.43. The SMILES string of the molecule is CNC(=O)NC(=O)[C@@H](C)OC(=O)c1ccccc1Cc1ccccc1. The first kappa shape index (κ1) is 18.2. The average Bonchev–Trinajstić information content (AvgIpc) is 2.62. The van der Waals surface area contributed by atoms with Crippen molar-refractivity contribution in [2.75, 3.05) is 7.05 Å². The lowest BCUT2D eigenvalue weighted by molar-refractivity contribution is -0.127. The molecule has 0 saturated carbocycles. The molecule has 130 valence electrons. The second-order valence-electron chi connectivity index (χ2n) is 5.44. The number of carbonyl (C=O) groups excluding carboxylic acids is 3. The van der Waals surface area contributed by atoms with Crippen LogP contribution in [0.4, 0.5) is 4.79 Å². The van der Waals surface area contributed by atoms with Gasteiger partial charge in [0.25, 0.3) is 5.91 Å². The molecule has 0 radical (unpaired) electrons. The van der Waals surface area contributed by atoms with Gasteiger partial charge in [0.15, 0.2) is 6.10 Å². The van der Waals surface area contributed by atoms with E-state index in [1.54, 1.807) is 12.1 Å². The first-order chi connectivity index (χ1) is 12.0. The number of hydrogen-bond donors (Lipinski definition) is 2. The molecule has 2 rings (SSSR count). The summed E-state index contributed by atoms with van der Waals surface area (Å²) in [5.41, 5.74) is 2.26. The Morgan fingerprint density at radius 2 is 1.64 bits per heavy atom. The van der Waals surface area contributed by atoms with Crippen molar-refractivity contribution in [2.45, 2.75) is 19.4 Å². The van der Waals surface area contributed by atoms with E-state index in [1.807, 2.05) is 42.5 Å². The third-order valence-electron chi connectivity index (χ3n) is 3.59. The van der Waals surface area contributed by atoms with E-state index in [2.05, 4.69) is 10.6 Å². The molecule has 6 heteroatoms. The lowest BCUT2D eigenvalue weighted by atomic mass is 10.00. The Hall–Kier alpha value is -3.15. The minimum Gasteiger partial charge on any atom is -0.449 e. The van der Waals surface area contributed by atoms with Gasteiger partial charge in [0, 0.05) is 7.05 Å². The molecule has 25 heavy (non-hydrogen) atoms. The van der Waals surface area contributed by atoms with E-state index < -0.39 is 24.0 Å². The summed E-state index contributed by atoms with van der Waals surface area (Å²) in [5.74, 6) is -1.29. The van der Waals surface area contributed by atoms with Gasteiger partial charge in [0.2, 0.25) is 0 Å². The van der Waals surface area contributed by atoms with Crippen LogP contribution in [0.15, 0.2) is 54.6 Å². The van der Waals surface area contributed by atoms with Gasteiger partial charge in [-0.3, -0.25) is 10.1 Å².